The normalized spacial score (nSPS) is 21.9. The van der Waals surface area contributed by atoms with E-state index in [2.05, 4.69) is 54.2 Å². The lowest BCUT2D eigenvalue weighted by Crippen LogP contribution is -2.41. The number of pyridine rings is 1. The Kier molecular flexibility index (Phi) is 7.46. The summed E-state index contributed by atoms with van der Waals surface area (Å²) in [5.41, 5.74) is 5.17. The van der Waals surface area contributed by atoms with Crippen LogP contribution in [0.25, 0.3) is 0 Å². The lowest BCUT2D eigenvalue weighted by molar-refractivity contribution is -0.133. The molecule has 1 unspecified atom stereocenters. The van der Waals surface area contributed by atoms with Crippen LogP contribution in [0.5, 0.6) is 0 Å². The van der Waals surface area contributed by atoms with Crippen molar-refractivity contribution < 1.29 is 4.79 Å². The summed E-state index contributed by atoms with van der Waals surface area (Å²) in [7, 11) is 0. The first-order valence-corrected chi connectivity index (χ1v) is 14.1. The van der Waals surface area contributed by atoms with Gasteiger partial charge in [0.15, 0.2) is 0 Å². The molecular formula is C26H30Br2ClN3O. The summed E-state index contributed by atoms with van der Waals surface area (Å²) >= 11 is 13.9. The molecule has 2 aromatic rings. The van der Waals surface area contributed by atoms with Gasteiger partial charge >= 0.3 is 0 Å². The molecule has 1 aliphatic carbocycles. The van der Waals surface area contributed by atoms with E-state index in [1.807, 2.05) is 12.3 Å². The Hall–Kier alpha value is -0.950. The fourth-order valence-corrected chi connectivity index (χ4v) is 7.47. The summed E-state index contributed by atoms with van der Waals surface area (Å²) in [6, 6.07) is 6.39. The Bertz CT molecular complexity index is 1030. The van der Waals surface area contributed by atoms with Gasteiger partial charge in [-0.3, -0.25) is 9.78 Å². The molecule has 5 rings (SSSR count). The number of likely N-dealkylation sites (tertiary alicyclic amines) is 1. The third kappa shape index (κ3) is 5.19. The smallest absolute Gasteiger partial charge is 0.222 e. The molecule has 1 amide bonds. The van der Waals surface area contributed by atoms with Crippen LogP contribution >= 0.6 is 43.5 Å². The molecule has 1 N–H and O–H groups in total. The summed E-state index contributed by atoms with van der Waals surface area (Å²) < 4.78 is 2.11. The second kappa shape index (κ2) is 10.3. The summed E-state index contributed by atoms with van der Waals surface area (Å²) in [5, 5.41) is 4.17. The van der Waals surface area contributed by atoms with E-state index in [1.165, 1.54) is 22.4 Å². The van der Waals surface area contributed by atoms with Crippen LogP contribution in [-0.2, 0) is 17.6 Å². The van der Waals surface area contributed by atoms with E-state index < -0.39 is 0 Å². The molecule has 1 aromatic heterocycles. The van der Waals surface area contributed by atoms with Gasteiger partial charge in [0.05, 0.1) is 5.69 Å². The number of amides is 1. The van der Waals surface area contributed by atoms with Crippen LogP contribution < -0.4 is 5.32 Å². The number of rotatable bonds is 3. The highest BCUT2D eigenvalue weighted by molar-refractivity contribution is 9.10. The Labute approximate surface area is 218 Å². The van der Waals surface area contributed by atoms with Crippen molar-refractivity contribution in [2.45, 2.75) is 50.9 Å². The first-order valence-electron chi connectivity index (χ1n) is 12.1. The highest BCUT2D eigenvalue weighted by Gasteiger charge is 2.36. The molecule has 2 fully saturated rings. The maximum Gasteiger partial charge on any atom is 0.222 e. The van der Waals surface area contributed by atoms with Gasteiger partial charge in [-0.2, -0.15) is 0 Å². The third-order valence-electron chi connectivity index (χ3n) is 7.70. The molecular weight excluding hydrogens is 566 g/mol. The molecule has 3 heterocycles. The molecule has 0 saturated carbocycles. The van der Waals surface area contributed by atoms with Crippen molar-refractivity contribution in [2.24, 2.45) is 11.8 Å². The average Bonchev–Trinajstić information content (AvgIpc) is 2.96. The zero-order valence-electron chi connectivity index (χ0n) is 18.8. The topological polar surface area (TPSA) is 45.2 Å². The summed E-state index contributed by atoms with van der Waals surface area (Å²) in [6.07, 6.45) is 8.82. The van der Waals surface area contributed by atoms with Crippen molar-refractivity contribution in [1.29, 1.82) is 0 Å². The van der Waals surface area contributed by atoms with Gasteiger partial charge in [0.25, 0.3) is 0 Å². The number of carbonyl (C=O) groups excluding carboxylic acids is 1. The number of hydrogen-bond donors (Lipinski definition) is 1. The molecule has 1 atom stereocenters. The zero-order chi connectivity index (χ0) is 22.9. The number of benzene rings is 1. The van der Waals surface area contributed by atoms with E-state index in [0.29, 0.717) is 24.2 Å². The van der Waals surface area contributed by atoms with Gasteiger partial charge < -0.3 is 10.2 Å². The van der Waals surface area contributed by atoms with Crippen LogP contribution in [0.1, 0.15) is 60.4 Å². The number of nitrogens with one attached hydrogen (secondary N) is 1. The third-order valence-corrected chi connectivity index (χ3v) is 9.01. The molecule has 176 valence electrons. The van der Waals surface area contributed by atoms with Crippen LogP contribution in [0.3, 0.4) is 0 Å². The van der Waals surface area contributed by atoms with Crippen LogP contribution in [0.15, 0.2) is 33.3 Å². The lowest BCUT2D eigenvalue weighted by Gasteiger charge is -2.37. The van der Waals surface area contributed by atoms with E-state index in [9.17, 15) is 4.79 Å². The van der Waals surface area contributed by atoms with E-state index in [0.717, 1.165) is 78.7 Å². The molecule has 0 spiro atoms. The number of aromatic nitrogens is 1. The van der Waals surface area contributed by atoms with Crippen molar-refractivity contribution >= 4 is 49.4 Å². The number of nitrogens with zero attached hydrogens (tertiary/aromatic N) is 2. The van der Waals surface area contributed by atoms with Gasteiger partial charge in [-0.05, 0) is 114 Å². The minimum Gasteiger partial charge on any atom is -0.343 e. The minimum atomic E-state index is 0.221. The molecule has 0 radical (unpaired) electrons. The quantitative estimate of drug-likeness (QED) is 0.465. The summed E-state index contributed by atoms with van der Waals surface area (Å²) in [5.74, 6) is 1.56. The van der Waals surface area contributed by atoms with Crippen LogP contribution in [0.4, 0.5) is 0 Å². The molecule has 7 heteroatoms. The maximum atomic E-state index is 13.0. The fourth-order valence-electron chi connectivity index (χ4n) is 5.97. The van der Waals surface area contributed by atoms with Crippen LogP contribution in [-0.4, -0.2) is 42.0 Å². The average molecular weight is 596 g/mol. The number of carbonyl (C=O) groups is 1. The Morgan fingerprint density at radius 1 is 1.06 bits per heavy atom. The predicted octanol–water partition coefficient (Wildman–Crippen LogP) is 6.12. The first-order chi connectivity index (χ1) is 16.0. The molecule has 4 nitrogen and oxygen atoms in total. The van der Waals surface area contributed by atoms with Crippen molar-refractivity contribution in [2.75, 3.05) is 26.2 Å². The fraction of sp³-hybridized carbons (Fsp3) is 0.538. The minimum absolute atomic E-state index is 0.221. The van der Waals surface area contributed by atoms with Crippen LogP contribution in [0.2, 0.25) is 5.02 Å². The van der Waals surface area contributed by atoms with Gasteiger partial charge in [-0.15, -0.1) is 0 Å². The summed E-state index contributed by atoms with van der Waals surface area (Å²) in [4.78, 5) is 20.1. The van der Waals surface area contributed by atoms with E-state index in [-0.39, 0.29) is 5.92 Å². The lowest BCUT2D eigenvalue weighted by atomic mass is 9.76. The summed E-state index contributed by atoms with van der Waals surface area (Å²) in [6.45, 7) is 3.78. The van der Waals surface area contributed by atoms with Gasteiger partial charge in [0.1, 0.15) is 0 Å². The molecule has 0 bridgehead atoms. The second-order valence-electron chi connectivity index (χ2n) is 9.75. The Balaban J connectivity index is 1.38. The van der Waals surface area contributed by atoms with Gasteiger partial charge in [-0.1, -0.05) is 27.5 Å². The predicted molar refractivity (Wildman–Crippen MR) is 140 cm³/mol. The van der Waals surface area contributed by atoms with Gasteiger partial charge in [0, 0.05) is 45.6 Å². The van der Waals surface area contributed by atoms with Crippen molar-refractivity contribution in [1.82, 2.24) is 15.2 Å². The van der Waals surface area contributed by atoms with Crippen molar-refractivity contribution in [3.05, 3.63) is 60.7 Å². The number of hydrogen-bond acceptors (Lipinski definition) is 3. The SMILES string of the molecule is O=C(CC1CCNCC1)N1CCC(C2c3ncc(Br)cc3CCc3cc(Cl)cc(Br)c32)CC1. The van der Waals surface area contributed by atoms with E-state index in [4.69, 9.17) is 16.6 Å². The van der Waals surface area contributed by atoms with Crippen LogP contribution in [0, 0.1) is 11.8 Å². The second-order valence-corrected chi connectivity index (χ2v) is 12.0. The largest absolute Gasteiger partial charge is 0.343 e. The standard InChI is InChI=1S/C26H30Br2ClN3O/c27-20-12-19-2-1-18-13-21(29)14-22(28)24(18)25(26(19)31-15-20)17-5-9-32(10-6-17)23(33)11-16-3-7-30-8-4-16/h12-17,25,30H,1-11H2. The number of aryl methyl sites for hydroxylation is 2. The molecule has 2 saturated heterocycles. The van der Waals surface area contributed by atoms with Crippen molar-refractivity contribution in [3.63, 3.8) is 0 Å². The van der Waals surface area contributed by atoms with E-state index >= 15 is 0 Å². The number of halogens is 3. The maximum absolute atomic E-state index is 13.0. The highest BCUT2D eigenvalue weighted by Crippen LogP contribution is 2.46. The van der Waals surface area contributed by atoms with Gasteiger partial charge in [0.2, 0.25) is 5.91 Å². The van der Waals surface area contributed by atoms with Crippen molar-refractivity contribution in [3.8, 4) is 0 Å². The number of fused-ring (bicyclic) bond motifs is 2. The monoisotopic (exact) mass is 593 g/mol. The molecule has 2 aliphatic heterocycles. The number of piperidine rings is 2. The highest BCUT2D eigenvalue weighted by atomic mass is 79.9. The Morgan fingerprint density at radius 2 is 1.79 bits per heavy atom. The van der Waals surface area contributed by atoms with Gasteiger partial charge in [-0.25, -0.2) is 0 Å². The zero-order valence-corrected chi connectivity index (χ0v) is 22.7. The first kappa shape index (κ1) is 23.8. The Morgan fingerprint density at radius 3 is 2.55 bits per heavy atom. The molecule has 3 aliphatic rings. The molecule has 33 heavy (non-hydrogen) atoms. The van der Waals surface area contributed by atoms with E-state index in [1.54, 1.807) is 0 Å². The molecule has 1 aromatic carbocycles.